The zero-order valence-corrected chi connectivity index (χ0v) is 17.5. The Morgan fingerprint density at radius 3 is 2.47 bits per heavy atom. The van der Waals surface area contributed by atoms with Crippen LogP contribution in [0.15, 0.2) is 48.8 Å². The van der Waals surface area contributed by atoms with E-state index in [0.717, 1.165) is 22.7 Å². The number of nitrogens with zero attached hydrogens (tertiary/aromatic N) is 2. The van der Waals surface area contributed by atoms with Crippen molar-refractivity contribution in [2.24, 2.45) is 0 Å². The number of hydrogen-bond acceptors (Lipinski definition) is 5. The van der Waals surface area contributed by atoms with Crippen molar-refractivity contribution in [3.05, 3.63) is 60.0 Å². The second-order valence-electron chi connectivity index (χ2n) is 7.43. The third-order valence-electron chi connectivity index (χ3n) is 5.07. The van der Waals surface area contributed by atoms with Crippen LogP contribution < -0.4 is 19.5 Å². The van der Waals surface area contributed by atoms with Gasteiger partial charge >= 0.3 is 0 Å². The van der Waals surface area contributed by atoms with Crippen molar-refractivity contribution in [2.75, 3.05) is 19.5 Å². The SMILES string of the molecule is COc1ccc(OC)c(-n2cnc3c2NC(=O)C[C@@H]3c2ccc(OC(C)C)cc2)c1. The molecule has 0 saturated heterocycles. The minimum atomic E-state index is -0.139. The van der Waals surface area contributed by atoms with Crippen LogP contribution >= 0.6 is 0 Å². The average molecular weight is 407 g/mol. The maximum atomic E-state index is 12.5. The highest BCUT2D eigenvalue weighted by Gasteiger charge is 2.31. The fourth-order valence-corrected chi connectivity index (χ4v) is 3.70. The lowest BCUT2D eigenvalue weighted by Crippen LogP contribution is -2.25. The average Bonchev–Trinajstić information content (AvgIpc) is 3.16. The topological polar surface area (TPSA) is 74.6 Å². The smallest absolute Gasteiger partial charge is 0.226 e. The van der Waals surface area contributed by atoms with Gasteiger partial charge in [-0.1, -0.05) is 12.1 Å². The van der Waals surface area contributed by atoms with Crippen LogP contribution in [0.3, 0.4) is 0 Å². The molecule has 2 aromatic carbocycles. The molecule has 0 fully saturated rings. The number of anilines is 1. The molecule has 4 rings (SSSR count). The summed E-state index contributed by atoms with van der Waals surface area (Å²) >= 11 is 0. The van der Waals surface area contributed by atoms with E-state index in [1.807, 2.05) is 60.9 Å². The van der Waals surface area contributed by atoms with Crippen molar-refractivity contribution in [2.45, 2.75) is 32.3 Å². The molecule has 7 nitrogen and oxygen atoms in total. The van der Waals surface area contributed by atoms with Crippen molar-refractivity contribution >= 4 is 11.7 Å². The van der Waals surface area contributed by atoms with Gasteiger partial charge in [0.05, 0.1) is 31.7 Å². The van der Waals surface area contributed by atoms with Gasteiger partial charge in [-0.15, -0.1) is 0 Å². The summed E-state index contributed by atoms with van der Waals surface area (Å²) in [7, 11) is 3.22. The van der Waals surface area contributed by atoms with Crippen LogP contribution in [-0.4, -0.2) is 35.8 Å². The van der Waals surface area contributed by atoms with E-state index in [4.69, 9.17) is 14.2 Å². The molecule has 30 heavy (non-hydrogen) atoms. The van der Waals surface area contributed by atoms with Crippen molar-refractivity contribution in [3.63, 3.8) is 0 Å². The van der Waals surface area contributed by atoms with E-state index in [9.17, 15) is 4.79 Å². The van der Waals surface area contributed by atoms with Crippen LogP contribution in [0.25, 0.3) is 5.69 Å². The molecule has 1 aliphatic rings. The van der Waals surface area contributed by atoms with Gasteiger partial charge in [0.1, 0.15) is 29.4 Å². The number of carbonyl (C=O) groups is 1. The van der Waals surface area contributed by atoms with E-state index >= 15 is 0 Å². The van der Waals surface area contributed by atoms with Gasteiger partial charge in [0, 0.05) is 18.4 Å². The number of imidazole rings is 1. The normalized spacial score (nSPS) is 15.5. The maximum absolute atomic E-state index is 12.5. The Morgan fingerprint density at radius 1 is 1.07 bits per heavy atom. The summed E-state index contributed by atoms with van der Waals surface area (Å²) in [6, 6.07) is 13.4. The third-order valence-corrected chi connectivity index (χ3v) is 5.07. The van der Waals surface area contributed by atoms with Crippen molar-refractivity contribution in [1.29, 1.82) is 0 Å². The highest BCUT2D eigenvalue weighted by molar-refractivity contribution is 5.94. The van der Waals surface area contributed by atoms with Gasteiger partial charge in [0.25, 0.3) is 0 Å². The lowest BCUT2D eigenvalue weighted by Gasteiger charge is -2.24. The van der Waals surface area contributed by atoms with Crippen molar-refractivity contribution in [1.82, 2.24) is 9.55 Å². The number of nitrogens with one attached hydrogen (secondary N) is 1. The molecule has 1 aromatic heterocycles. The maximum Gasteiger partial charge on any atom is 0.226 e. The van der Waals surface area contributed by atoms with Crippen molar-refractivity contribution < 1.29 is 19.0 Å². The minimum absolute atomic E-state index is 0.0568. The van der Waals surface area contributed by atoms with E-state index in [0.29, 0.717) is 23.7 Å². The molecule has 7 heteroatoms. The number of amides is 1. The second kappa shape index (κ2) is 8.10. The van der Waals surface area contributed by atoms with Gasteiger partial charge < -0.3 is 19.5 Å². The second-order valence-corrected chi connectivity index (χ2v) is 7.43. The van der Waals surface area contributed by atoms with Gasteiger partial charge in [-0.2, -0.15) is 0 Å². The first-order valence-electron chi connectivity index (χ1n) is 9.86. The van der Waals surface area contributed by atoms with Gasteiger partial charge in [-0.25, -0.2) is 4.98 Å². The number of aromatic nitrogens is 2. The molecule has 3 aromatic rings. The quantitative estimate of drug-likeness (QED) is 0.664. The van der Waals surface area contributed by atoms with Gasteiger partial charge in [-0.05, 0) is 43.7 Å². The van der Waals surface area contributed by atoms with Crippen LogP contribution in [0.1, 0.15) is 37.4 Å². The lowest BCUT2D eigenvalue weighted by atomic mass is 9.90. The highest BCUT2D eigenvalue weighted by atomic mass is 16.5. The molecule has 0 saturated carbocycles. The van der Waals surface area contributed by atoms with E-state index in [-0.39, 0.29) is 17.9 Å². The summed E-state index contributed by atoms with van der Waals surface area (Å²) in [5.41, 5.74) is 2.58. The van der Waals surface area contributed by atoms with Crippen LogP contribution in [0.5, 0.6) is 17.2 Å². The van der Waals surface area contributed by atoms with E-state index in [1.165, 1.54) is 0 Å². The molecule has 0 spiro atoms. The largest absolute Gasteiger partial charge is 0.497 e. The Kier molecular flexibility index (Phi) is 5.35. The molecule has 1 N–H and O–H groups in total. The van der Waals surface area contributed by atoms with Crippen molar-refractivity contribution in [3.8, 4) is 22.9 Å². The van der Waals surface area contributed by atoms with Crippen LogP contribution in [-0.2, 0) is 4.79 Å². The summed E-state index contributed by atoms with van der Waals surface area (Å²) in [4.78, 5) is 17.2. The molecule has 1 atom stereocenters. The number of carbonyl (C=O) groups excluding carboxylic acids is 1. The fraction of sp³-hybridized carbons (Fsp3) is 0.304. The molecule has 0 radical (unpaired) electrons. The summed E-state index contributed by atoms with van der Waals surface area (Å²) in [5.74, 6) is 2.60. The van der Waals surface area contributed by atoms with Gasteiger partial charge in [0.2, 0.25) is 5.91 Å². The number of rotatable bonds is 6. The summed E-state index contributed by atoms with van der Waals surface area (Å²) in [6.45, 7) is 3.98. The zero-order valence-electron chi connectivity index (χ0n) is 17.5. The zero-order chi connectivity index (χ0) is 21.3. The molecule has 1 amide bonds. The Balaban J connectivity index is 1.74. The number of methoxy groups -OCH3 is 2. The molecule has 0 bridgehead atoms. The summed E-state index contributed by atoms with van der Waals surface area (Å²) in [6.07, 6.45) is 2.15. The number of fused-ring (bicyclic) bond motifs is 1. The number of hydrogen-bond donors (Lipinski definition) is 1. The van der Waals surface area contributed by atoms with E-state index < -0.39 is 0 Å². The Hall–Kier alpha value is -3.48. The molecular weight excluding hydrogens is 382 g/mol. The standard InChI is InChI=1S/C23H25N3O4/c1-14(2)30-16-7-5-15(6-8-16)18-12-21(27)25-23-22(18)24-13-26(23)19-11-17(28-3)9-10-20(19)29-4/h5-11,13-14,18H,12H2,1-4H3,(H,25,27)/t18-/m1/s1. The van der Waals surface area contributed by atoms with E-state index in [1.54, 1.807) is 20.5 Å². The Morgan fingerprint density at radius 2 is 1.80 bits per heavy atom. The first kappa shape index (κ1) is 19.8. The Bertz CT molecular complexity index is 1060. The molecule has 0 unspecified atom stereocenters. The number of ether oxygens (including phenoxy) is 3. The van der Waals surface area contributed by atoms with Crippen LogP contribution in [0, 0.1) is 0 Å². The molecule has 2 heterocycles. The molecule has 1 aliphatic heterocycles. The van der Waals surface area contributed by atoms with Crippen LogP contribution in [0.2, 0.25) is 0 Å². The van der Waals surface area contributed by atoms with Crippen LogP contribution in [0.4, 0.5) is 5.82 Å². The lowest BCUT2D eigenvalue weighted by molar-refractivity contribution is -0.116. The fourth-order valence-electron chi connectivity index (χ4n) is 3.70. The number of benzene rings is 2. The Labute approximate surface area is 175 Å². The van der Waals surface area contributed by atoms with E-state index in [2.05, 4.69) is 10.3 Å². The summed E-state index contributed by atoms with van der Waals surface area (Å²) in [5, 5.41) is 2.97. The van der Waals surface area contributed by atoms with Gasteiger partial charge in [-0.3, -0.25) is 9.36 Å². The highest BCUT2D eigenvalue weighted by Crippen LogP contribution is 2.39. The predicted molar refractivity (Wildman–Crippen MR) is 114 cm³/mol. The molecular formula is C23H25N3O4. The molecule has 156 valence electrons. The first-order chi connectivity index (χ1) is 14.5. The minimum Gasteiger partial charge on any atom is -0.497 e. The predicted octanol–water partition coefficient (Wildman–Crippen LogP) is 4.15. The molecule has 0 aliphatic carbocycles. The monoisotopic (exact) mass is 407 g/mol. The first-order valence-corrected chi connectivity index (χ1v) is 9.86. The summed E-state index contributed by atoms with van der Waals surface area (Å²) < 4.78 is 18.4. The van der Waals surface area contributed by atoms with Gasteiger partial charge in [0.15, 0.2) is 0 Å². The third kappa shape index (κ3) is 3.70.